The number of benzene rings is 1. The highest BCUT2D eigenvalue weighted by Crippen LogP contribution is 2.29. The van der Waals surface area contributed by atoms with Crippen LogP contribution in [0.5, 0.6) is 0 Å². The lowest BCUT2D eigenvalue weighted by Gasteiger charge is -2.12. The van der Waals surface area contributed by atoms with Gasteiger partial charge in [-0.05, 0) is 30.7 Å². The molecule has 0 bridgehead atoms. The molecule has 1 rings (SSSR count). The topological polar surface area (TPSA) is 12.0 Å². The van der Waals surface area contributed by atoms with Crippen molar-refractivity contribution >= 4 is 27.7 Å². The smallest absolute Gasteiger partial charge is 0.0216 e. The summed E-state index contributed by atoms with van der Waals surface area (Å²) in [6, 6.07) is 6.54. The predicted octanol–water partition coefficient (Wildman–Crippen LogP) is 4.45. The summed E-state index contributed by atoms with van der Waals surface area (Å²) in [5, 5.41) is 4.08. The Kier molecular flexibility index (Phi) is 6.47. The van der Waals surface area contributed by atoms with Crippen LogP contribution in [0.2, 0.25) is 0 Å². The molecule has 90 valence electrons. The highest BCUT2D eigenvalue weighted by molar-refractivity contribution is 9.10. The van der Waals surface area contributed by atoms with Gasteiger partial charge in [0.25, 0.3) is 0 Å². The van der Waals surface area contributed by atoms with Crippen LogP contribution in [0.4, 0.5) is 0 Å². The molecule has 1 aromatic carbocycles. The van der Waals surface area contributed by atoms with Crippen molar-refractivity contribution in [1.29, 1.82) is 0 Å². The first kappa shape index (κ1) is 14.1. The minimum Gasteiger partial charge on any atom is -0.313 e. The maximum Gasteiger partial charge on any atom is 0.0216 e. The van der Waals surface area contributed by atoms with Crippen molar-refractivity contribution in [2.75, 3.05) is 6.54 Å². The summed E-state index contributed by atoms with van der Waals surface area (Å²) in [6.07, 6.45) is 1.18. The Morgan fingerprint density at radius 2 is 2.12 bits per heavy atom. The van der Waals surface area contributed by atoms with Gasteiger partial charge < -0.3 is 5.32 Å². The third kappa shape index (κ3) is 4.89. The molecular weight excluding hydrogens is 282 g/mol. The van der Waals surface area contributed by atoms with Crippen molar-refractivity contribution in [3.8, 4) is 0 Å². The van der Waals surface area contributed by atoms with Gasteiger partial charge in [0.1, 0.15) is 0 Å². The van der Waals surface area contributed by atoms with Crippen molar-refractivity contribution in [2.24, 2.45) is 0 Å². The fourth-order valence-electron chi connectivity index (χ4n) is 1.44. The van der Waals surface area contributed by atoms with Gasteiger partial charge in [0.15, 0.2) is 0 Å². The highest BCUT2D eigenvalue weighted by atomic mass is 79.9. The summed E-state index contributed by atoms with van der Waals surface area (Å²) in [6.45, 7) is 8.71. The van der Waals surface area contributed by atoms with Crippen LogP contribution in [-0.2, 0) is 6.54 Å². The molecule has 1 nitrogen and oxygen atoms in total. The Bertz CT molecular complexity index is 326. The van der Waals surface area contributed by atoms with Crippen molar-refractivity contribution in [3.63, 3.8) is 0 Å². The molecule has 3 heteroatoms. The van der Waals surface area contributed by atoms with E-state index >= 15 is 0 Å². The largest absolute Gasteiger partial charge is 0.313 e. The summed E-state index contributed by atoms with van der Waals surface area (Å²) >= 11 is 5.46. The third-order valence-corrected chi connectivity index (χ3v) is 3.73. The molecule has 0 fully saturated rings. The van der Waals surface area contributed by atoms with Crippen LogP contribution in [0.3, 0.4) is 0 Å². The molecule has 16 heavy (non-hydrogen) atoms. The molecule has 0 aliphatic rings. The van der Waals surface area contributed by atoms with Gasteiger partial charge in [-0.15, -0.1) is 11.8 Å². The van der Waals surface area contributed by atoms with Crippen LogP contribution in [0.15, 0.2) is 27.6 Å². The van der Waals surface area contributed by atoms with Crippen molar-refractivity contribution in [2.45, 2.75) is 43.9 Å². The van der Waals surface area contributed by atoms with E-state index in [1.165, 1.54) is 16.9 Å². The second kappa shape index (κ2) is 7.36. The molecule has 0 atom stereocenters. The SMILES string of the molecule is CCCNCc1ccc(Br)cc1SC(C)C. The standard InChI is InChI=1S/C13H20BrNS/c1-4-7-15-9-11-5-6-12(14)8-13(11)16-10(2)3/h5-6,8,10,15H,4,7,9H2,1-3H3. The number of hydrogen-bond acceptors (Lipinski definition) is 2. The number of hydrogen-bond donors (Lipinski definition) is 1. The molecule has 0 aliphatic carbocycles. The summed E-state index contributed by atoms with van der Waals surface area (Å²) in [4.78, 5) is 1.38. The van der Waals surface area contributed by atoms with Gasteiger partial charge in [0, 0.05) is 21.2 Å². The maximum absolute atomic E-state index is 3.53. The molecule has 0 saturated carbocycles. The minimum atomic E-state index is 0.624. The first-order valence-corrected chi connectivity index (χ1v) is 7.46. The molecule has 0 spiro atoms. The summed E-state index contributed by atoms with van der Waals surface area (Å²) in [5.74, 6) is 0. The fourth-order valence-corrected chi connectivity index (χ4v) is 2.94. The van der Waals surface area contributed by atoms with Gasteiger partial charge >= 0.3 is 0 Å². The molecular formula is C13H20BrNS. The van der Waals surface area contributed by atoms with E-state index in [1.807, 2.05) is 11.8 Å². The van der Waals surface area contributed by atoms with Crippen molar-refractivity contribution < 1.29 is 0 Å². The third-order valence-electron chi connectivity index (χ3n) is 2.13. The lowest BCUT2D eigenvalue weighted by molar-refractivity contribution is 0.669. The summed E-state index contributed by atoms with van der Waals surface area (Å²) < 4.78 is 1.16. The average Bonchev–Trinajstić information content (AvgIpc) is 2.20. The number of thioether (sulfide) groups is 1. The summed E-state index contributed by atoms with van der Waals surface area (Å²) in [5.41, 5.74) is 1.40. The first-order chi connectivity index (χ1) is 7.63. The Hall–Kier alpha value is 0.01000. The van der Waals surface area contributed by atoms with Gasteiger partial charge in [-0.1, -0.05) is 42.8 Å². The summed E-state index contributed by atoms with van der Waals surface area (Å²) in [7, 11) is 0. The quantitative estimate of drug-likeness (QED) is 0.615. The van der Waals surface area contributed by atoms with E-state index in [2.05, 4.69) is 60.2 Å². The molecule has 0 radical (unpaired) electrons. The molecule has 0 aromatic heterocycles. The van der Waals surface area contributed by atoms with Crippen LogP contribution in [0.1, 0.15) is 32.8 Å². The number of nitrogens with one attached hydrogen (secondary N) is 1. The molecule has 0 amide bonds. The number of rotatable bonds is 6. The van der Waals surface area contributed by atoms with Gasteiger partial charge in [-0.25, -0.2) is 0 Å². The van der Waals surface area contributed by atoms with E-state index in [1.54, 1.807) is 0 Å². The van der Waals surface area contributed by atoms with Crippen LogP contribution >= 0.6 is 27.7 Å². The van der Waals surface area contributed by atoms with E-state index in [0.29, 0.717) is 5.25 Å². The first-order valence-electron chi connectivity index (χ1n) is 5.79. The van der Waals surface area contributed by atoms with Crippen LogP contribution in [0, 0.1) is 0 Å². The molecule has 0 aliphatic heterocycles. The Labute approximate surface area is 112 Å². The molecule has 0 heterocycles. The van der Waals surface area contributed by atoms with E-state index < -0.39 is 0 Å². The Balaban J connectivity index is 2.72. The van der Waals surface area contributed by atoms with E-state index in [4.69, 9.17) is 0 Å². The van der Waals surface area contributed by atoms with E-state index in [9.17, 15) is 0 Å². The Morgan fingerprint density at radius 1 is 1.38 bits per heavy atom. The second-order valence-corrected chi connectivity index (χ2v) is 6.63. The van der Waals surface area contributed by atoms with Gasteiger partial charge in [-0.2, -0.15) is 0 Å². The fraction of sp³-hybridized carbons (Fsp3) is 0.538. The zero-order valence-electron chi connectivity index (χ0n) is 10.2. The van der Waals surface area contributed by atoms with Gasteiger partial charge in [-0.3, -0.25) is 0 Å². The lowest BCUT2D eigenvalue weighted by Crippen LogP contribution is -2.14. The highest BCUT2D eigenvalue weighted by Gasteiger charge is 2.05. The average molecular weight is 302 g/mol. The van der Waals surface area contributed by atoms with Crippen LogP contribution < -0.4 is 5.32 Å². The van der Waals surface area contributed by atoms with Crippen molar-refractivity contribution in [3.05, 3.63) is 28.2 Å². The van der Waals surface area contributed by atoms with Gasteiger partial charge in [0.2, 0.25) is 0 Å². The maximum atomic E-state index is 3.53. The van der Waals surface area contributed by atoms with Crippen molar-refractivity contribution in [1.82, 2.24) is 5.32 Å². The van der Waals surface area contributed by atoms with Gasteiger partial charge in [0.05, 0.1) is 0 Å². The molecule has 0 unspecified atom stereocenters. The van der Waals surface area contributed by atoms with Crippen LogP contribution in [-0.4, -0.2) is 11.8 Å². The molecule has 1 N–H and O–H groups in total. The lowest BCUT2D eigenvalue weighted by atomic mass is 10.2. The molecule has 1 aromatic rings. The predicted molar refractivity (Wildman–Crippen MR) is 77.1 cm³/mol. The zero-order chi connectivity index (χ0) is 12.0. The monoisotopic (exact) mass is 301 g/mol. The number of halogens is 1. The minimum absolute atomic E-state index is 0.624. The molecule has 0 saturated heterocycles. The normalized spacial score (nSPS) is 11.1. The van der Waals surface area contributed by atoms with Crippen LogP contribution in [0.25, 0.3) is 0 Å². The van der Waals surface area contributed by atoms with E-state index in [0.717, 1.165) is 17.6 Å². The zero-order valence-corrected chi connectivity index (χ0v) is 12.6. The second-order valence-electron chi connectivity index (χ2n) is 4.10. The Morgan fingerprint density at radius 3 is 2.75 bits per heavy atom. The van der Waals surface area contributed by atoms with E-state index in [-0.39, 0.29) is 0 Å².